The molecule has 0 atom stereocenters. The van der Waals surface area contributed by atoms with Gasteiger partial charge >= 0.3 is 0 Å². The van der Waals surface area contributed by atoms with Crippen molar-refractivity contribution in [2.75, 3.05) is 24.7 Å². The van der Waals surface area contributed by atoms with Gasteiger partial charge in [0.25, 0.3) is 0 Å². The lowest BCUT2D eigenvalue weighted by atomic mass is 10.2. The fraction of sp³-hybridized carbons (Fsp3) is 0.400. The Morgan fingerprint density at radius 3 is 2.33 bits per heavy atom. The van der Waals surface area contributed by atoms with Crippen LogP contribution in [0.1, 0.15) is 19.4 Å². The van der Waals surface area contributed by atoms with Gasteiger partial charge in [0, 0.05) is 18.8 Å². The number of carbonyl (C=O) groups is 1. The first-order chi connectivity index (χ1) is 11.5. The Hall–Kier alpha value is -1.74. The molecular formula is C15H20FN5OS2. The number of benzene rings is 1. The van der Waals surface area contributed by atoms with E-state index in [-0.39, 0.29) is 17.5 Å². The molecule has 130 valence electrons. The molecule has 0 fully saturated rings. The van der Waals surface area contributed by atoms with Gasteiger partial charge in [0.1, 0.15) is 5.82 Å². The second-order valence-electron chi connectivity index (χ2n) is 4.90. The molecule has 1 amide bonds. The molecule has 0 radical (unpaired) electrons. The smallest absolute Gasteiger partial charge is 0.233 e. The monoisotopic (exact) mass is 369 g/mol. The largest absolute Gasteiger partial charge is 0.343 e. The van der Waals surface area contributed by atoms with Crippen LogP contribution in [-0.2, 0) is 10.5 Å². The molecule has 0 saturated carbocycles. The topological polar surface area (TPSA) is 77.0 Å². The molecule has 0 unspecified atom stereocenters. The summed E-state index contributed by atoms with van der Waals surface area (Å²) in [5.74, 6) is 6.66. The first kappa shape index (κ1) is 18.6. The van der Waals surface area contributed by atoms with E-state index in [1.165, 1.54) is 40.3 Å². The maximum Gasteiger partial charge on any atom is 0.233 e. The molecule has 6 nitrogen and oxygen atoms in total. The molecule has 1 aromatic carbocycles. The zero-order chi connectivity index (χ0) is 17.5. The van der Waals surface area contributed by atoms with Crippen LogP contribution in [0.3, 0.4) is 0 Å². The second kappa shape index (κ2) is 8.93. The third-order valence-electron chi connectivity index (χ3n) is 3.36. The standard InChI is InChI=1S/C15H20FN5OS2/c1-3-20(4-2)13(22)10-24-15-19-18-14(21(15)17)23-9-11-5-7-12(16)8-6-11/h5-8H,3-4,9-10,17H2,1-2H3. The minimum atomic E-state index is -0.262. The van der Waals surface area contributed by atoms with Gasteiger partial charge in [-0.1, -0.05) is 35.7 Å². The van der Waals surface area contributed by atoms with Gasteiger partial charge < -0.3 is 10.7 Å². The van der Waals surface area contributed by atoms with Crippen LogP contribution in [0.5, 0.6) is 0 Å². The molecule has 0 aliphatic heterocycles. The fourth-order valence-electron chi connectivity index (χ4n) is 1.98. The maximum atomic E-state index is 12.9. The van der Waals surface area contributed by atoms with Gasteiger partial charge in [-0.25, -0.2) is 9.07 Å². The first-order valence-corrected chi connectivity index (χ1v) is 9.50. The number of hydrogen-bond acceptors (Lipinski definition) is 6. The van der Waals surface area contributed by atoms with E-state index >= 15 is 0 Å². The van der Waals surface area contributed by atoms with Gasteiger partial charge in [-0.15, -0.1) is 10.2 Å². The van der Waals surface area contributed by atoms with E-state index in [1.54, 1.807) is 17.0 Å². The van der Waals surface area contributed by atoms with Crippen LogP contribution in [0.4, 0.5) is 4.39 Å². The molecule has 0 bridgehead atoms. The molecule has 2 rings (SSSR count). The number of thioether (sulfide) groups is 2. The minimum absolute atomic E-state index is 0.0496. The number of halogens is 1. The molecule has 9 heteroatoms. The number of nitrogens with zero attached hydrogens (tertiary/aromatic N) is 4. The first-order valence-electron chi connectivity index (χ1n) is 7.53. The Balaban J connectivity index is 1.91. The van der Waals surface area contributed by atoms with Crippen LogP contribution >= 0.6 is 23.5 Å². The summed E-state index contributed by atoms with van der Waals surface area (Å²) in [5, 5.41) is 9.12. The summed E-state index contributed by atoms with van der Waals surface area (Å²) in [6.07, 6.45) is 0. The van der Waals surface area contributed by atoms with Crippen LogP contribution in [-0.4, -0.2) is 44.5 Å². The summed E-state index contributed by atoms with van der Waals surface area (Å²) >= 11 is 2.68. The van der Waals surface area contributed by atoms with Crippen molar-refractivity contribution in [3.05, 3.63) is 35.6 Å². The van der Waals surface area contributed by atoms with Gasteiger partial charge in [-0.05, 0) is 31.5 Å². The number of aromatic nitrogens is 3. The SMILES string of the molecule is CCN(CC)C(=O)CSc1nnc(SCc2ccc(F)cc2)n1N. The molecule has 0 aliphatic rings. The highest BCUT2D eigenvalue weighted by molar-refractivity contribution is 8.00. The van der Waals surface area contributed by atoms with Crippen LogP contribution in [0.25, 0.3) is 0 Å². The second-order valence-corrected chi connectivity index (χ2v) is 6.79. The van der Waals surface area contributed by atoms with Gasteiger partial charge in [-0.3, -0.25) is 4.79 Å². The summed E-state index contributed by atoms with van der Waals surface area (Å²) < 4.78 is 14.3. The average Bonchev–Trinajstić information content (AvgIpc) is 2.93. The Kier molecular flexibility index (Phi) is 6.92. The highest BCUT2D eigenvalue weighted by Crippen LogP contribution is 2.24. The quantitative estimate of drug-likeness (QED) is 0.569. The van der Waals surface area contributed by atoms with Crippen molar-refractivity contribution in [1.82, 2.24) is 19.8 Å². The van der Waals surface area contributed by atoms with Crippen LogP contribution < -0.4 is 5.84 Å². The number of nitrogens with two attached hydrogens (primary N) is 1. The lowest BCUT2D eigenvalue weighted by molar-refractivity contribution is -0.127. The number of carbonyl (C=O) groups excluding carboxylic acids is 1. The van der Waals surface area contributed by atoms with Gasteiger partial charge in [0.15, 0.2) is 0 Å². The molecular weight excluding hydrogens is 349 g/mol. The minimum Gasteiger partial charge on any atom is -0.343 e. The molecule has 0 aliphatic carbocycles. The van der Waals surface area contributed by atoms with Crippen LogP contribution in [0.15, 0.2) is 34.6 Å². The van der Waals surface area contributed by atoms with E-state index in [9.17, 15) is 9.18 Å². The van der Waals surface area contributed by atoms with E-state index in [0.717, 1.165) is 5.56 Å². The molecule has 0 saturated heterocycles. The van der Waals surface area contributed by atoms with Gasteiger partial charge in [0.05, 0.1) is 5.75 Å². The average molecular weight is 369 g/mol. The number of nitrogen functional groups attached to an aromatic ring is 1. The summed E-state index contributed by atoms with van der Waals surface area (Å²) in [4.78, 5) is 13.8. The Bertz CT molecular complexity index is 673. The van der Waals surface area contributed by atoms with Crippen LogP contribution in [0.2, 0.25) is 0 Å². The van der Waals surface area contributed by atoms with E-state index in [4.69, 9.17) is 5.84 Å². The maximum absolute atomic E-state index is 12.9. The molecule has 0 spiro atoms. The third-order valence-corrected chi connectivity index (χ3v) is 5.30. The van der Waals surface area contributed by atoms with Gasteiger partial charge in [-0.2, -0.15) is 0 Å². The van der Waals surface area contributed by atoms with E-state index in [2.05, 4.69) is 10.2 Å². The lowest BCUT2D eigenvalue weighted by Gasteiger charge is -2.17. The van der Waals surface area contributed by atoms with E-state index in [0.29, 0.717) is 29.2 Å². The van der Waals surface area contributed by atoms with Crippen molar-refractivity contribution in [3.8, 4) is 0 Å². The summed E-state index contributed by atoms with van der Waals surface area (Å²) in [7, 11) is 0. The predicted octanol–water partition coefficient (Wildman–Crippen LogP) is 2.38. The highest BCUT2D eigenvalue weighted by atomic mass is 32.2. The summed E-state index contributed by atoms with van der Waals surface area (Å²) in [5.41, 5.74) is 0.968. The summed E-state index contributed by atoms with van der Waals surface area (Å²) in [6.45, 7) is 5.26. The Labute approximate surface area is 149 Å². The lowest BCUT2D eigenvalue weighted by Crippen LogP contribution is -2.32. The molecule has 1 heterocycles. The predicted molar refractivity (Wildman–Crippen MR) is 94.8 cm³/mol. The number of amides is 1. The molecule has 2 aromatic rings. The van der Waals surface area contributed by atoms with Gasteiger partial charge in [0.2, 0.25) is 16.2 Å². The van der Waals surface area contributed by atoms with Crippen LogP contribution in [0, 0.1) is 5.82 Å². The Morgan fingerprint density at radius 2 is 1.75 bits per heavy atom. The highest BCUT2D eigenvalue weighted by Gasteiger charge is 2.15. The van der Waals surface area contributed by atoms with Crippen molar-refractivity contribution in [3.63, 3.8) is 0 Å². The molecule has 1 aromatic heterocycles. The third kappa shape index (κ3) is 4.88. The van der Waals surface area contributed by atoms with Crippen molar-refractivity contribution in [2.24, 2.45) is 0 Å². The number of hydrogen-bond donors (Lipinski definition) is 1. The summed E-state index contributed by atoms with van der Waals surface area (Å²) in [6, 6.07) is 6.28. The fourth-order valence-corrected chi connectivity index (χ4v) is 3.61. The van der Waals surface area contributed by atoms with Crippen molar-refractivity contribution < 1.29 is 9.18 Å². The molecule has 2 N–H and O–H groups in total. The van der Waals surface area contributed by atoms with E-state index in [1.807, 2.05) is 13.8 Å². The van der Waals surface area contributed by atoms with Crippen molar-refractivity contribution >= 4 is 29.4 Å². The van der Waals surface area contributed by atoms with Crippen molar-refractivity contribution in [2.45, 2.75) is 29.9 Å². The van der Waals surface area contributed by atoms with Crippen molar-refractivity contribution in [1.29, 1.82) is 0 Å². The molecule has 24 heavy (non-hydrogen) atoms. The normalized spacial score (nSPS) is 10.8. The zero-order valence-corrected chi connectivity index (χ0v) is 15.2. The zero-order valence-electron chi connectivity index (χ0n) is 13.6. The van der Waals surface area contributed by atoms with E-state index < -0.39 is 0 Å². The Morgan fingerprint density at radius 1 is 1.17 bits per heavy atom. The number of rotatable bonds is 8.